The number of nitrogens with one attached hydrogen (secondary N) is 2. The maximum absolute atomic E-state index is 11.7. The zero-order valence-electron chi connectivity index (χ0n) is 10.2. The highest BCUT2D eigenvalue weighted by Crippen LogP contribution is 2.37. The van der Waals surface area contributed by atoms with E-state index in [1.807, 2.05) is 6.07 Å². The van der Waals surface area contributed by atoms with Gasteiger partial charge in [0.1, 0.15) is 6.23 Å². The van der Waals surface area contributed by atoms with Gasteiger partial charge in [-0.1, -0.05) is 29.3 Å². The molecule has 6 heteroatoms. The molecule has 2 N–H and O–H groups in total. The summed E-state index contributed by atoms with van der Waals surface area (Å²) in [4.78, 5) is 11.7. The minimum absolute atomic E-state index is 0.135. The molecule has 1 aromatic rings. The van der Waals surface area contributed by atoms with Crippen LogP contribution in [0.5, 0.6) is 0 Å². The molecule has 2 amide bonds. The van der Waals surface area contributed by atoms with Crippen molar-refractivity contribution < 1.29 is 9.53 Å². The Bertz CT molecular complexity index is 509. The molecule has 0 aliphatic carbocycles. The van der Waals surface area contributed by atoms with Crippen molar-refractivity contribution >= 4 is 29.2 Å². The highest BCUT2D eigenvalue weighted by Gasteiger charge is 2.40. The fourth-order valence-electron chi connectivity index (χ4n) is 2.78. The first-order valence-corrected chi connectivity index (χ1v) is 7.04. The largest absolute Gasteiger partial charge is 0.358 e. The molecule has 2 aliphatic heterocycles. The van der Waals surface area contributed by atoms with Gasteiger partial charge in [-0.2, -0.15) is 0 Å². The van der Waals surface area contributed by atoms with Gasteiger partial charge in [0.2, 0.25) is 0 Å². The van der Waals surface area contributed by atoms with Crippen LogP contribution < -0.4 is 10.6 Å². The molecular formula is C13H14Cl2N2O2. The van der Waals surface area contributed by atoms with Crippen molar-refractivity contribution in [1.82, 2.24) is 10.6 Å². The molecule has 102 valence electrons. The Balaban J connectivity index is 1.94. The van der Waals surface area contributed by atoms with Gasteiger partial charge in [-0.3, -0.25) is 0 Å². The molecule has 3 rings (SSSR count). The predicted molar refractivity (Wildman–Crippen MR) is 73.3 cm³/mol. The van der Waals surface area contributed by atoms with E-state index in [1.165, 1.54) is 0 Å². The fourth-order valence-corrected chi connectivity index (χ4v) is 3.30. The summed E-state index contributed by atoms with van der Waals surface area (Å²) in [6.07, 6.45) is 1.74. The molecule has 0 unspecified atom stereocenters. The molecule has 4 nitrogen and oxygen atoms in total. The summed E-state index contributed by atoms with van der Waals surface area (Å²) in [6, 6.07) is 5.00. The molecule has 0 radical (unpaired) electrons. The molecule has 19 heavy (non-hydrogen) atoms. The number of carbonyl (C=O) groups excluding carboxylic acids is 1. The lowest BCUT2D eigenvalue weighted by atomic mass is 9.85. The maximum atomic E-state index is 11.7. The van der Waals surface area contributed by atoms with E-state index in [9.17, 15) is 4.79 Å². The van der Waals surface area contributed by atoms with Gasteiger partial charge in [0.15, 0.2) is 0 Å². The molecule has 0 spiro atoms. The van der Waals surface area contributed by atoms with Crippen molar-refractivity contribution in [3.63, 3.8) is 0 Å². The second-order valence-electron chi connectivity index (χ2n) is 4.86. The Morgan fingerprint density at radius 3 is 2.89 bits per heavy atom. The summed E-state index contributed by atoms with van der Waals surface area (Å²) in [6.45, 7) is 0.683. The molecule has 2 saturated heterocycles. The Morgan fingerprint density at radius 1 is 1.26 bits per heavy atom. The summed E-state index contributed by atoms with van der Waals surface area (Å²) in [5.74, 6) is 0.185. The third kappa shape index (κ3) is 2.53. The van der Waals surface area contributed by atoms with Gasteiger partial charge >= 0.3 is 6.03 Å². The van der Waals surface area contributed by atoms with Gasteiger partial charge in [0.05, 0.1) is 6.04 Å². The van der Waals surface area contributed by atoms with Crippen molar-refractivity contribution in [2.45, 2.75) is 25.1 Å². The van der Waals surface area contributed by atoms with Crippen molar-refractivity contribution in [3.8, 4) is 0 Å². The van der Waals surface area contributed by atoms with Gasteiger partial charge in [0.25, 0.3) is 0 Å². The van der Waals surface area contributed by atoms with E-state index in [1.54, 1.807) is 12.1 Å². The lowest BCUT2D eigenvalue weighted by Gasteiger charge is -2.42. The summed E-state index contributed by atoms with van der Waals surface area (Å²) in [5.41, 5.74) is 0.890. The van der Waals surface area contributed by atoms with Gasteiger partial charge in [-0.05, 0) is 30.5 Å². The SMILES string of the molecule is O=C1N[C@H]2OCCC[C@H]2[C@H](c2ccc(Cl)cc2Cl)N1. The van der Waals surface area contributed by atoms with Crippen LogP contribution in [0.2, 0.25) is 10.0 Å². The standard InChI is InChI=1S/C13H14Cl2N2O2/c14-7-3-4-8(10(15)6-7)11-9-2-1-5-19-12(9)17-13(18)16-11/h3-4,6,9,11-12H,1-2,5H2,(H2,16,17,18)/t9-,11-,12-/m0/s1. The third-order valence-corrected chi connectivity index (χ3v) is 4.22. The van der Waals surface area contributed by atoms with Gasteiger partial charge in [-0.15, -0.1) is 0 Å². The van der Waals surface area contributed by atoms with Crippen LogP contribution in [-0.4, -0.2) is 18.9 Å². The van der Waals surface area contributed by atoms with E-state index in [0.717, 1.165) is 18.4 Å². The summed E-state index contributed by atoms with van der Waals surface area (Å²) in [5, 5.41) is 6.90. The highest BCUT2D eigenvalue weighted by atomic mass is 35.5. The lowest BCUT2D eigenvalue weighted by molar-refractivity contribution is -0.0602. The van der Waals surface area contributed by atoms with Crippen LogP contribution in [0.1, 0.15) is 24.4 Å². The fraction of sp³-hybridized carbons (Fsp3) is 0.462. The topological polar surface area (TPSA) is 50.4 Å². The first-order chi connectivity index (χ1) is 9.15. The molecule has 1 aromatic carbocycles. The van der Waals surface area contributed by atoms with Crippen molar-refractivity contribution in [2.75, 3.05) is 6.61 Å². The maximum Gasteiger partial charge on any atom is 0.317 e. The van der Waals surface area contributed by atoms with E-state index in [0.29, 0.717) is 16.7 Å². The molecule has 2 fully saturated rings. The van der Waals surface area contributed by atoms with Crippen LogP contribution in [0.3, 0.4) is 0 Å². The smallest absolute Gasteiger partial charge is 0.317 e. The van der Waals surface area contributed by atoms with E-state index in [-0.39, 0.29) is 24.2 Å². The van der Waals surface area contributed by atoms with Crippen molar-refractivity contribution in [3.05, 3.63) is 33.8 Å². The number of ether oxygens (including phenoxy) is 1. The Labute approximate surface area is 121 Å². The van der Waals surface area contributed by atoms with Gasteiger partial charge in [0, 0.05) is 22.6 Å². The van der Waals surface area contributed by atoms with Crippen molar-refractivity contribution in [2.24, 2.45) is 5.92 Å². The van der Waals surface area contributed by atoms with E-state index < -0.39 is 0 Å². The van der Waals surface area contributed by atoms with E-state index in [2.05, 4.69) is 10.6 Å². The second-order valence-corrected chi connectivity index (χ2v) is 5.70. The molecular weight excluding hydrogens is 287 g/mol. The molecule has 2 heterocycles. The normalized spacial score (nSPS) is 30.2. The van der Waals surface area contributed by atoms with Crippen LogP contribution in [0, 0.1) is 5.92 Å². The lowest BCUT2D eigenvalue weighted by Crippen LogP contribution is -2.58. The Hall–Kier alpha value is -0.970. The number of halogens is 2. The number of hydrogen-bond acceptors (Lipinski definition) is 2. The predicted octanol–water partition coefficient (Wildman–Crippen LogP) is 3.10. The first-order valence-electron chi connectivity index (χ1n) is 6.29. The van der Waals surface area contributed by atoms with Crippen LogP contribution in [0.25, 0.3) is 0 Å². The molecule has 3 atom stereocenters. The quantitative estimate of drug-likeness (QED) is 0.837. The highest BCUT2D eigenvalue weighted by molar-refractivity contribution is 6.35. The van der Waals surface area contributed by atoms with Crippen LogP contribution >= 0.6 is 23.2 Å². The van der Waals surface area contributed by atoms with Crippen molar-refractivity contribution in [1.29, 1.82) is 0 Å². The average molecular weight is 301 g/mol. The van der Waals surface area contributed by atoms with E-state index in [4.69, 9.17) is 27.9 Å². The number of amides is 2. The number of urea groups is 1. The zero-order chi connectivity index (χ0) is 13.4. The number of fused-ring (bicyclic) bond motifs is 1. The second kappa shape index (κ2) is 5.19. The summed E-state index contributed by atoms with van der Waals surface area (Å²) in [7, 11) is 0. The summed E-state index contributed by atoms with van der Waals surface area (Å²) >= 11 is 12.2. The first kappa shape index (κ1) is 13.0. The number of hydrogen-bond donors (Lipinski definition) is 2. The minimum Gasteiger partial charge on any atom is -0.358 e. The molecule has 0 bridgehead atoms. The molecule has 2 aliphatic rings. The van der Waals surface area contributed by atoms with Crippen LogP contribution in [0.4, 0.5) is 4.79 Å². The number of rotatable bonds is 1. The van der Waals surface area contributed by atoms with Crippen LogP contribution in [0.15, 0.2) is 18.2 Å². The Kier molecular flexibility index (Phi) is 3.56. The molecule has 0 aromatic heterocycles. The summed E-state index contributed by atoms with van der Waals surface area (Å²) < 4.78 is 5.63. The van der Waals surface area contributed by atoms with E-state index >= 15 is 0 Å². The van der Waals surface area contributed by atoms with Crippen LogP contribution in [-0.2, 0) is 4.74 Å². The zero-order valence-corrected chi connectivity index (χ0v) is 11.7. The van der Waals surface area contributed by atoms with Gasteiger partial charge in [-0.25, -0.2) is 4.79 Å². The average Bonchev–Trinajstić information content (AvgIpc) is 2.38. The molecule has 0 saturated carbocycles. The Morgan fingerprint density at radius 2 is 2.11 bits per heavy atom. The number of carbonyl (C=O) groups is 1. The monoisotopic (exact) mass is 300 g/mol. The third-order valence-electron chi connectivity index (χ3n) is 3.65. The number of benzene rings is 1. The van der Waals surface area contributed by atoms with Gasteiger partial charge < -0.3 is 15.4 Å². The minimum atomic E-state index is -0.237.